The summed E-state index contributed by atoms with van der Waals surface area (Å²) in [4.78, 5) is 74.8. The normalized spacial score (nSPS) is 14.1. The average molecular weight is 1750 g/mol. The van der Waals surface area contributed by atoms with Crippen LogP contribution in [-0.4, -0.2) is 169 Å². The Morgan fingerprint density at radius 2 is 0.762 bits per heavy atom. The number of nitrogens with one attached hydrogen (secondary N) is 8. The lowest BCUT2D eigenvalue weighted by Crippen LogP contribution is -2.35. The van der Waals surface area contributed by atoms with E-state index in [1.807, 2.05) is 134 Å². The highest BCUT2D eigenvalue weighted by Crippen LogP contribution is 2.35. The molecule has 654 valence electrons. The Balaban J connectivity index is 0.000000121. The van der Waals surface area contributed by atoms with Crippen LogP contribution >= 0.6 is 0 Å². The van der Waals surface area contributed by atoms with Crippen molar-refractivity contribution in [2.75, 3.05) is 73.7 Å². The lowest BCUT2D eigenvalue weighted by molar-refractivity contribution is 0.0114. The Hall–Kier alpha value is -15.5. The van der Waals surface area contributed by atoms with Crippen molar-refractivity contribution < 1.29 is 60.1 Å². The number of amides is 4. The van der Waals surface area contributed by atoms with Gasteiger partial charge in [-0.1, -0.05) is 84.9 Å². The topological polar surface area (TPSA) is 331 Å². The number of aromatic nitrogens is 12. The molecule has 0 aliphatic carbocycles. The molecule has 0 saturated carbocycles. The van der Waals surface area contributed by atoms with E-state index >= 15 is 0 Å². The van der Waals surface area contributed by atoms with Crippen LogP contribution < -0.4 is 26.0 Å². The number of hydrogen-bond donors (Lipinski definition) is 9. The van der Waals surface area contributed by atoms with Gasteiger partial charge in [-0.25, -0.2) is 26.3 Å². The second kappa shape index (κ2) is 39.6. The molecule has 130 heavy (non-hydrogen) atoms. The van der Waals surface area contributed by atoms with Crippen LogP contribution in [0.1, 0.15) is 77.9 Å². The number of alkyl halides is 2. The standard InChI is InChI=1S/C25H24FN5O2.C25H17FN4O2.C24H20F3N5O.C24H22FN5O2/c26-21-3-1-2-4-23(21)28-25(33)24-20-12-17(5-6-22(20)29-30-24)18-11-16(13-27-14-18)15-31-9-7-19(32)8-10-31;26-21-8-4-5-9-23(21)28-25(31)24-20-13-16(10-11-22(20)29-30-24)17-12-19(15-27-14-17)32-18-6-2-1-3-7-18;25-18-2-1-3-19(10-18)29-23(33)22-20-9-16(4-5-21(20)30-31-22)17-8-15(11-28-12-17)13-32-7-6-24(26,27)14-32;25-20-3-1-2-4-22(20)27-24(31)23-19-12-17(5-6-21(19)28-29-23)18-11-16(13-26-14-18)15-30-7-9-32-10-8-30/h1-6,11-14,19,32H,7-10,15H2,(H,28,33)(H,29,30);1-15H,(H,28,31)(H,29,30);1-5,8-12H,6-7,13-14H2,(H,29,33)(H,30,31);1-6,11-14H,7-10,15H2,(H,27,31)(H,28,29). The van der Waals surface area contributed by atoms with Gasteiger partial charge in [-0.2, -0.15) is 20.4 Å². The fourth-order valence-corrected chi connectivity index (χ4v) is 15.5. The van der Waals surface area contributed by atoms with E-state index in [1.54, 1.807) is 78.3 Å². The van der Waals surface area contributed by atoms with Gasteiger partial charge in [0.15, 0.2) is 22.8 Å². The fraction of sp³-hybridized carbons (Fsp3) is 0.163. The predicted molar refractivity (Wildman–Crippen MR) is 483 cm³/mol. The van der Waals surface area contributed by atoms with E-state index in [-0.39, 0.29) is 58.9 Å². The number of piperidine rings is 1. The first-order valence-electron chi connectivity index (χ1n) is 41.8. The smallest absolute Gasteiger partial charge is 0.276 e. The summed E-state index contributed by atoms with van der Waals surface area (Å²) in [6.07, 6.45) is 15.3. The first-order chi connectivity index (χ1) is 63.3. The van der Waals surface area contributed by atoms with Crippen molar-refractivity contribution in [1.82, 2.24) is 75.4 Å². The van der Waals surface area contributed by atoms with Crippen LogP contribution in [0.4, 0.5) is 49.1 Å². The maximum atomic E-state index is 14.0. The number of hydrogen-bond acceptors (Lipinski definition) is 18. The SMILES string of the molecule is O=C(Nc1cccc(F)c1)c1n[nH]c2ccc(-c3cncc(CN4CCC(F)(F)C4)c3)cc12.O=C(Nc1ccccc1F)c1n[nH]c2ccc(-c3cncc(CN4CCC(O)CC4)c3)cc12.O=C(Nc1ccccc1F)c1n[nH]c2ccc(-c3cncc(CN4CCOCC4)c3)cc12.O=C(Nc1ccccc1F)c1n[nH]c2ccc(-c3cncc(Oc4ccccc4)c3)cc12. The third-order valence-electron chi connectivity index (χ3n) is 22.1. The highest BCUT2D eigenvalue weighted by atomic mass is 19.3. The fourth-order valence-electron chi connectivity index (χ4n) is 15.5. The number of aliphatic hydroxyl groups excluding tert-OH is 1. The van der Waals surface area contributed by atoms with Crippen LogP contribution in [0.15, 0.2) is 274 Å². The number of halogens is 6. The summed E-state index contributed by atoms with van der Waals surface area (Å²) < 4.78 is 93.5. The van der Waals surface area contributed by atoms with Gasteiger partial charge in [-0.3, -0.25) is 74.2 Å². The summed E-state index contributed by atoms with van der Waals surface area (Å²) in [6, 6.07) is 63.7. The van der Waals surface area contributed by atoms with E-state index in [2.05, 4.69) is 104 Å². The highest BCUT2D eigenvalue weighted by molar-refractivity contribution is 6.14. The number of para-hydroxylation sites is 4. The Kier molecular flexibility index (Phi) is 26.4. The first-order valence-corrected chi connectivity index (χ1v) is 41.8. The first kappa shape index (κ1) is 86.6. The van der Waals surface area contributed by atoms with Crippen molar-refractivity contribution in [1.29, 1.82) is 0 Å². The van der Waals surface area contributed by atoms with Crippen molar-refractivity contribution in [3.8, 4) is 56.0 Å². The molecule has 3 aliphatic rings. The van der Waals surface area contributed by atoms with E-state index in [1.165, 1.54) is 54.6 Å². The molecule has 9 aromatic carbocycles. The van der Waals surface area contributed by atoms with Gasteiger partial charge in [0.1, 0.15) is 34.8 Å². The van der Waals surface area contributed by atoms with E-state index < -0.39 is 52.8 Å². The molecule has 0 radical (unpaired) electrons. The van der Waals surface area contributed by atoms with E-state index in [0.29, 0.717) is 68.4 Å². The number of H-pyrrole nitrogens is 4. The van der Waals surface area contributed by atoms with Crippen molar-refractivity contribution in [3.63, 3.8) is 0 Å². The zero-order valence-electron chi connectivity index (χ0n) is 69.5. The number of ether oxygens (including phenoxy) is 2. The highest BCUT2D eigenvalue weighted by Gasteiger charge is 2.38. The molecule has 9 N–H and O–H groups in total. The van der Waals surface area contributed by atoms with Crippen molar-refractivity contribution in [2.45, 2.75) is 50.9 Å². The minimum Gasteiger partial charge on any atom is -0.456 e. The number of aliphatic hydroxyl groups is 1. The molecule has 20 rings (SSSR count). The third kappa shape index (κ3) is 21.3. The van der Waals surface area contributed by atoms with Crippen LogP contribution in [0.25, 0.3) is 88.1 Å². The number of carbonyl (C=O) groups is 4. The summed E-state index contributed by atoms with van der Waals surface area (Å²) in [5.41, 5.74) is 14.3. The van der Waals surface area contributed by atoms with Crippen molar-refractivity contribution >= 4 is 90.0 Å². The Morgan fingerprint density at radius 3 is 1.16 bits per heavy atom. The summed E-state index contributed by atoms with van der Waals surface area (Å²) in [5.74, 6) is -5.22. The summed E-state index contributed by atoms with van der Waals surface area (Å²) in [5, 5.41) is 50.6. The van der Waals surface area contributed by atoms with Crippen LogP contribution in [-0.2, 0) is 24.4 Å². The van der Waals surface area contributed by atoms with Gasteiger partial charge in [0.2, 0.25) is 0 Å². The average Bonchev–Trinajstić information content (AvgIpc) is 1.63. The third-order valence-corrected chi connectivity index (χ3v) is 22.1. The number of aromatic amines is 4. The number of morpholine rings is 1. The minimum absolute atomic E-state index is 0.0970. The van der Waals surface area contributed by atoms with Crippen molar-refractivity contribution in [2.24, 2.45) is 0 Å². The second-order valence-corrected chi connectivity index (χ2v) is 31.4. The number of pyridine rings is 4. The molecule has 26 nitrogen and oxygen atoms in total. The second-order valence-electron chi connectivity index (χ2n) is 31.4. The Bertz CT molecular complexity index is 6960. The summed E-state index contributed by atoms with van der Waals surface area (Å²) in [7, 11) is 0. The van der Waals surface area contributed by atoms with Crippen molar-refractivity contribution in [3.05, 3.63) is 337 Å². The zero-order valence-corrected chi connectivity index (χ0v) is 69.5. The molecule has 0 bridgehead atoms. The number of anilines is 4. The number of carbonyl (C=O) groups excluding carboxylic acids is 4. The lowest BCUT2D eigenvalue weighted by atomic mass is 10.0. The van der Waals surface area contributed by atoms with Gasteiger partial charge < -0.3 is 35.8 Å². The molecule has 0 spiro atoms. The number of rotatable bonds is 20. The molecule has 17 aromatic rings. The maximum Gasteiger partial charge on any atom is 0.276 e. The molecule has 4 amide bonds. The molecular formula is C98H83F6N19O7. The molecule has 11 heterocycles. The summed E-state index contributed by atoms with van der Waals surface area (Å²) in [6.45, 7) is 7.14. The number of likely N-dealkylation sites (tertiary alicyclic amines) is 2. The molecule has 0 atom stereocenters. The molecule has 3 fully saturated rings. The van der Waals surface area contributed by atoms with Gasteiger partial charge in [-0.15, -0.1) is 0 Å². The zero-order chi connectivity index (χ0) is 89.6. The molecular weight excluding hydrogens is 1670 g/mol. The van der Waals surface area contributed by atoms with Gasteiger partial charge >= 0.3 is 0 Å². The Morgan fingerprint density at radius 1 is 0.385 bits per heavy atom. The van der Waals surface area contributed by atoms with E-state index in [0.717, 1.165) is 132 Å². The van der Waals surface area contributed by atoms with Crippen LogP contribution in [0.2, 0.25) is 0 Å². The van der Waals surface area contributed by atoms with Gasteiger partial charge in [0, 0.05) is 152 Å². The van der Waals surface area contributed by atoms with Gasteiger partial charge in [0.05, 0.1) is 71.2 Å². The van der Waals surface area contributed by atoms with E-state index in [4.69, 9.17) is 9.47 Å². The van der Waals surface area contributed by atoms with Crippen LogP contribution in [0.5, 0.6) is 11.5 Å². The van der Waals surface area contributed by atoms with Gasteiger partial charge in [-0.05, 0) is 191 Å². The molecule has 32 heteroatoms. The number of fused-ring (bicyclic) bond motifs is 4. The number of nitrogens with zero attached hydrogens (tertiary/aromatic N) is 11. The summed E-state index contributed by atoms with van der Waals surface area (Å²) >= 11 is 0. The maximum absolute atomic E-state index is 14.0. The van der Waals surface area contributed by atoms with E-state index in [9.17, 15) is 50.6 Å². The molecule has 3 saturated heterocycles. The molecule has 3 aliphatic heterocycles. The predicted octanol–water partition coefficient (Wildman–Crippen LogP) is 18.5. The van der Waals surface area contributed by atoms with Gasteiger partial charge in [0.25, 0.3) is 29.6 Å². The molecule has 0 unspecified atom stereocenters. The van der Waals surface area contributed by atoms with Crippen LogP contribution in [0.3, 0.4) is 0 Å². The minimum atomic E-state index is -2.64. The molecule has 8 aromatic heterocycles. The lowest BCUT2D eigenvalue weighted by Gasteiger charge is -2.29. The monoisotopic (exact) mass is 1750 g/mol. The Labute approximate surface area is 739 Å². The number of benzene rings is 9. The largest absolute Gasteiger partial charge is 0.456 e. The van der Waals surface area contributed by atoms with Crippen LogP contribution in [0, 0.1) is 23.3 Å². The quantitative estimate of drug-likeness (QED) is 0.0320.